The van der Waals surface area contributed by atoms with E-state index in [0.29, 0.717) is 0 Å². The first-order valence-corrected chi connectivity index (χ1v) is 7.16. The summed E-state index contributed by atoms with van der Waals surface area (Å²) in [6.07, 6.45) is -3.77. The lowest BCUT2D eigenvalue weighted by atomic mass is 10.1. The average molecular weight is 339 g/mol. The van der Waals surface area contributed by atoms with E-state index in [-0.39, 0.29) is 17.0 Å². The molecule has 130 valence electrons. The van der Waals surface area contributed by atoms with Gasteiger partial charge in [0.2, 0.25) is 5.95 Å². The topological polar surface area (TPSA) is 154 Å². The van der Waals surface area contributed by atoms with Gasteiger partial charge in [-0.25, -0.2) is 4.98 Å². The van der Waals surface area contributed by atoms with Gasteiger partial charge in [0.15, 0.2) is 11.7 Å². The molecule has 3 heterocycles. The third-order valence-electron chi connectivity index (χ3n) is 3.86. The largest absolute Gasteiger partial charge is 0.394 e. The van der Waals surface area contributed by atoms with Crippen LogP contribution in [0.15, 0.2) is 15.9 Å². The summed E-state index contributed by atoms with van der Waals surface area (Å²) < 4.78 is 6.53. The predicted molar refractivity (Wildman–Crippen MR) is 81.8 cm³/mol. The van der Waals surface area contributed by atoms with Crippen LogP contribution in [-0.4, -0.2) is 73.9 Å². The number of imidazole rings is 1. The molecule has 0 unspecified atom stereocenters. The third-order valence-corrected chi connectivity index (χ3v) is 3.86. The van der Waals surface area contributed by atoms with Crippen molar-refractivity contribution >= 4 is 17.0 Å². The second kappa shape index (κ2) is 5.94. The molecule has 11 nitrogen and oxygen atoms in total. The fourth-order valence-corrected chi connectivity index (χ4v) is 2.59. The molecule has 1 saturated heterocycles. The summed E-state index contributed by atoms with van der Waals surface area (Å²) in [6.45, 7) is -0.509. The Labute approximate surface area is 134 Å². The van der Waals surface area contributed by atoms with Gasteiger partial charge < -0.3 is 25.0 Å². The SMILES string of the molecule is CN(C)c1nc(=O)c2ncn([C@@H]3O[C@H](CO)[C@@H](O)[C@H]3O)c2c(=O)[nH]1. The van der Waals surface area contributed by atoms with E-state index < -0.39 is 42.3 Å². The van der Waals surface area contributed by atoms with E-state index in [9.17, 15) is 19.8 Å². The highest BCUT2D eigenvalue weighted by Crippen LogP contribution is 2.30. The van der Waals surface area contributed by atoms with Crippen molar-refractivity contribution in [3.05, 3.63) is 27.0 Å². The van der Waals surface area contributed by atoms with Crippen molar-refractivity contribution < 1.29 is 20.1 Å². The van der Waals surface area contributed by atoms with Crippen LogP contribution in [0.4, 0.5) is 5.95 Å². The monoisotopic (exact) mass is 339 g/mol. The molecule has 0 saturated carbocycles. The van der Waals surface area contributed by atoms with Crippen LogP contribution in [0.25, 0.3) is 11.0 Å². The van der Waals surface area contributed by atoms with Gasteiger partial charge in [0.1, 0.15) is 23.8 Å². The van der Waals surface area contributed by atoms with Crippen molar-refractivity contribution in [1.29, 1.82) is 0 Å². The number of nitrogens with one attached hydrogen (secondary N) is 1. The maximum atomic E-state index is 12.5. The minimum Gasteiger partial charge on any atom is -0.394 e. The molecule has 0 aliphatic carbocycles. The standard InChI is InChI=1S/C13H17N5O6/c1-17(2)13-15-10(22)6-7(11(23)16-13)18(4-14-6)12-9(21)8(20)5(3-19)24-12/h4-5,8-9,12,19-21H,3H2,1-2H3,(H,15,16,22,23)/t5-,8-,9-,12-/m1/s1. The Hall–Kier alpha value is -2.34. The number of rotatable bonds is 3. The van der Waals surface area contributed by atoms with E-state index in [4.69, 9.17) is 9.84 Å². The molecule has 1 fully saturated rings. The van der Waals surface area contributed by atoms with Crippen LogP contribution in [0.5, 0.6) is 0 Å². The molecule has 4 atom stereocenters. The van der Waals surface area contributed by atoms with Gasteiger partial charge in [0.25, 0.3) is 5.56 Å². The Balaban J connectivity index is 2.22. The Kier molecular flexibility index (Phi) is 4.09. The maximum Gasteiger partial charge on any atom is 0.301 e. The number of aromatic amines is 1. The summed E-state index contributed by atoms with van der Waals surface area (Å²) in [5.74, 6) is 0.0516. The van der Waals surface area contributed by atoms with E-state index in [1.807, 2.05) is 0 Å². The average Bonchev–Trinajstić information content (AvgIpc) is 3.05. The maximum absolute atomic E-state index is 12.5. The second-order valence-corrected chi connectivity index (χ2v) is 5.67. The highest BCUT2D eigenvalue weighted by molar-refractivity contribution is 5.73. The molecule has 1 aliphatic heterocycles. The third kappa shape index (κ3) is 2.47. The quantitative estimate of drug-likeness (QED) is 0.463. The molecule has 0 spiro atoms. The molecule has 0 amide bonds. The van der Waals surface area contributed by atoms with Crippen LogP contribution in [0.2, 0.25) is 0 Å². The molecule has 3 rings (SSSR count). The van der Waals surface area contributed by atoms with Crippen molar-refractivity contribution in [2.24, 2.45) is 0 Å². The number of fused-ring (bicyclic) bond motifs is 1. The van der Waals surface area contributed by atoms with Crippen molar-refractivity contribution in [2.75, 3.05) is 25.6 Å². The Morgan fingerprint density at radius 2 is 2.04 bits per heavy atom. The summed E-state index contributed by atoms with van der Waals surface area (Å²) in [5, 5.41) is 29.1. The number of nitrogens with zero attached hydrogens (tertiary/aromatic N) is 4. The van der Waals surface area contributed by atoms with Gasteiger partial charge in [0, 0.05) is 14.1 Å². The first kappa shape index (κ1) is 16.5. The lowest BCUT2D eigenvalue weighted by Gasteiger charge is -2.16. The zero-order valence-corrected chi connectivity index (χ0v) is 12.9. The molecule has 0 aromatic carbocycles. The fourth-order valence-electron chi connectivity index (χ4n) is 2.59. The van der Waals surface area contributed by atoms with Crippen LogP contribution in [0, 0.1) is 0 Å². The van der Waals surface area contributed by atoms with E-state index in [1.54, 1.807) is 14.1 Å². The summed E-state index contributed by atoms with van der Waals surface area (Å²) in [6, 6.07) is 0. The van der Waals surface area contributed by atoms with E-state index >= 15 is 0 Å². The molecular weight excluding hydrogens is 322 g/mol. The predicted octanol–water partition coefficient (Wildman–Crippen LogP) is -2.84. The summed E-state index contributed by atoms with van der Waals surface area (Å²) in [4.78, 5) is 36.2. The van der Waals surface area contributed by atoms with Crippen LogP contribution in [0.1, 0.15) is 6.23 Å². The summed E-state index contributed by atoms with van der Waals surface area (Å²) in [7, 11) is 3.21. The van der Waals surface area contributed by atoms with Gasteiger partial charge in [-0.1, -0.05) is 0 Å². The van der Waals surface area contributed by atoms with Gasteiger partial charge in [0.05, 0.1) is 12.9 Å². The lowest BCUT2D eigenvalue weighted by molar-refractivity contribution is -0.0509. The molecule has 24 heavy (non-hydrogen) atoms. The minimum atomic E-state index is -1.40. The zero-order valence-electron chi connectivity index (χ0n) is 12.9. The van der Waals surface area contributed by atoms with Crippen LogP contribution in [0.3, 0.4) is 0 Å². The lowest BCUT2D eigenvalue weighted by Crippen LogP contribution is -2.33. The number of anilines is 1. The Bertz CT molecular complexity index is 877. The second-order valence-electron chi connectivity index (χ2n) is 5.67. The number of aliphatic hydroxyl groups is 3. The molecule has 2 aromatic heterocycles. The summed E-state index contributed by atoms with van der Waals surface area (Å²) >= 11 is 0. The van der Waals surface area contributed by atoms with Crippen molar-refractivity contribution in [1.82, 2.24) is 19.5 Å². The number of H-pyrrole nitrogens is 1. The van der Waals surface area contributed by atoms with Crippen molar-refractivity contribution in [3.8, 4) is 0 Å². The summed E-state index contributed by atoms with van der Waals surface area (Å²) in [5.41, 5.74) is -1.71. The van der Waals surface area contributed by atoms with E-state index in [1.165, 1.54) is 4.90 Å². The first-order chi connectivity index (χ1) is 11.3. The van der Waals surface area contributed by atoms with Crippen LogP contribution in [-0.2, 0) is 4.74 Å². The molecule has 2 aromatic rings. The number of hydrogen-bond donors (Lipinski definition) is 4. The van der Waals surface area contributed by atoms with Gasteiger partial charge in [-0.3, -0.25) is 19.1 Å². The van der Waals surface area contributed by atoms with Crippen molar-refractivity contribution in [3.63, 3.8) is 0 Å². The van der Waals surface area contributed by atoms with E-state index in [2.05, 4.69) is 15.0 Å². The fraction of sp³-hybridized carbons (Fsp3) is 0.538. The van der Waals surface area contributed by atoms with Gasteiger partial charge >= 0.3 is 5.56 Å². The number of hydrogen-bond acceptors (Lipinski definition) is 9. The zero-order chi connectivity index (χ0) is 17.6. The van der Waals surface area contributed by atoms with Gasteiger partial charge in [-0.05, 0) is 0 Å². The van der Waals surface area contributed by atoms with Gasteiger partial charge in [-0.2, -0.15) is 4.98 Å². The minimum absolute atomic E-state index is 0.0516. The highest BCUT2D eigenvalue weighted by Gasteiger charge is 2.44. The molecular formula is C13H17N5O6. The number of aromatic nitrogens is 4. The number of ether oxygens (including phenoxy) is 1. The van der Waals surface area contributed by atoms with Crippen LogP contribution < -0.4 is 16.0 Å². The van der Waals surface area contributed by atoms with E-state index in [0.717, 1.165) is 10.9 Å². The van der Waals surface area contributed by atoms with Crippen molar-refractivity contribution in [2.45, 2.75) is 24.5 Å². The normalized spacial score (nSPS) is 26.9. The highest BCUT2D eigenvalue weighted by atomic mass is 16.6. The molecule has 0 bridgehead atoms. The van der Waals surface area contributed by atoms with Gasteiger partial charge in [-0.15, -0.1) is 0 Å². The Morgan fingerprint density at radius 1 is 1.33 bits per heavy atom. The molecule has 11 heteroatoms. The molecule has 1 aliphatic rings. The molecule has 0 radical (unpaired) electrons. The first-order valence-electron chi connectivity index (χ1n) is 7.16. The Morgan fingerprint density at radius 3 is 2.62 bits per heavy atom. The van der Waals surface area contributed by atoms with Crippen LogP contribution >= 0.6 is 0 Å². The molecule has 4 N–H and O–H groups in total. The number of aliphatic hydroxyl groups excluding tert-OH is 3. The smallest absolute Gasteiger partial charge is 0.301 e.